The number of benzene rings is 1. The van der Waals surface area contributed by atoms with Crippen LogP contribution >= 0.6 is 15.9 Å². The SMILES string of the molecule is CC(C)n1c(C2CCCN(C(=O)C3CC(=O)N(c4cccc(Br)c4)C3)C2)nn(C)c1=O. The molecular weight excluding hydrogens is 462 g/mol. The highest BCUT2D eigenvalue weighted by Gasteiger charge is 2.39. The van der Waals surface area contributed by atoms with Gasteiger partial charge in [-0.3, -0.25) is 14.2 Å². The molecule has 0 spiro atoms. The third kappa shape index (κ3) is 4.20. The minimum absolute atomic E-state index is 0.00786. The second-order valence-corrected chi connectivity index (χ2v) is 9.65. The molecule has 1 aromatic heterocycles. The van der Waals surface area contributed by atoms with Crippen molar-refractivity contribution in [3.63, 3.8) is 0 Å². The van der Waals surface area contributed by atoms with Crippen LogP contribution in [0.3, 0.4) is 0 Å². The Balaban J connectivity index is 1.49. The summed E-state index contributed by atoms with van der Waals surface area (Å²) in [5, 5.41) is 4.48. The maximum atomic E-state index is 13.3. The Hall–Kier alpha value is -2.42. The summed E-state index contributed by atoms with van der Waals surface area (Å²) in [5.74, 6) is 0.417. The summed E-state index contributed by atoms with van der Waals surface area (Å²) in [7, 11) is 1.66. The maximum Gasteiger partial charge on any atom is 0.345 e. The van der Waals surface area contributed by atoms with Crippen LogP contribution in [0.25, 0.3) is 0 Å². The molecule has 0 saturated carbocycles. The fraction of sp³-hybridized carbons (Fsp3) is 0.545. The number of hydrogen-bond acceptors (Lipinski definition) is 4. The number of aromatic nitrogens is 3. The van der Waals surface area contributed by atoms with Gasteiger partial charge in [-0.05, 0) is 44.9 Å². The zero-order valence-corrected chi connectivity index (χ0v) is 19.7. The number of halogens is 1. The molecule has 166 valence electrons. The lowest BCUT2D eigenvalue weighted by molar-refractivity contribution is -0.137. The highest BCUT2D eigenvalue weighted by Crippen LogP contribution is 2.31. The van der Waals surface area contributed by atoms with E-state index >= 15 is 0 Å². The molecule has 0 aliphatic carbocycles. The average molecular weight is 490 g/mol. The van der Waals surface area contributed by atoms with Gasteiger partial charge in [0.2, 0.25) is 11.8 Å². The van der Waals surface area contributed by atoms with E-state index in [-0.39, 0.29) is 41.8 Å². The van der Waals surface area contributed by atoms with E-state index in [4.69, 9.17) is 0 Å². The molecule has 2 saturated heterocycles. The third-order valence-corrected chi connectivity index (χ3v) is 6.68. The number of anilines is 1. The van der Waals surface area contributed by atoms with Crippen molar-refractivity contribution in [1.82, 2.24) is 19.2 Å². The van der Waals surface area contributed by atoms with Gasteiger partial charge in [0.1, 0.15) is 5.82 Å². The average Bonchev–Trinajstić information content (AvgIpc) is 3.27. The standard InChI is InChI=1S/C22H28BrN5O3/c1-14(2)28-20(24-25(3)22(28)31)15-6-5-9-26(12-15)21(30)16-10-19(29)27(13-16)18-8-4-7-17(23)11-18/h4,7-8,11,14-16H,5-6,9-10,12-13H2,1-3H3. The van der Waals surface area contributed by atoms with Crippen LogP contribution < -0.4 is 10.6 Å². The summed E-state index contributed by atoms with van der Waals surface area (Å²) in [4.78, 5) is 41.9. The number of carbonyl (C=O) groups is 2. The second kappa shape index (κ2) is 8.61. The second-order valence-electron chi connectivity index (χ2n) is 8.74. The van der Waals surface area contributed by atoms with Crippen LogP contribution in [0, 0.1) is 5.92 Å². The van der Waals surface area contributed by atoms with Crippen LogP contribution in [0.4, 0.5) is 5.69 Å². The molecule has 8 nitrogen and oxygen atoms in total. The normalized spacial score (nSPS) is 21.9. The van der Waals surface area contributed by atoms with Gasteiger partial charge in [0.25, 0.3) is 0 Å². The summed E-state index contributed by atoms with van der Waals surface area (Å²) in [6.45, 7) is 5.55. The number of rotatable bonds is 4. The van der Waals surface area contributed by atoms with E-state index in [1.165, 1.54) is 4.68 Å². The van der Waals surface area contributed by atoms with Crippen molar-refractivity contribution >= 4 is 33.4 Å². The highest BCUT2D eigenvalue weighted by atomic mass is 79.9. The maximum absolute atomic E-state index is 13.3. The van der Waals surface area contributed by atoms with E-state index in [9.17, 15) is 14.4 Å². The van der Waals surface area contributed by atoms with Crippen molar-refractivity contribution in [1.29, 1.82) is 0 Å². The minimum atomic E-state index is -0.346. The van der Waals surface area contributed by atoms with Crippen LogP contribution in [0.5, 0.6) is 0 Å². The van der Waals surface area contributed by atoms with Crippen molar-refractivity contribution in [2.45, 2.75) is 45.1 Å². The Morgan fingerprint density at radius 2 is 2.00 bits per heavy atom. The van der Waals surface area contributed by atoms with Crippen LogP contribution in [-0.2, 0) is 16.6 Å². The molecule has 1 aromatic carbocycles. The smallest absolute Gasteiger partial charge is 0.342 e. The minimum Gasteiger partial charge on any atom is -0.342 e. The van der Waals surface area contributed by atoms with E-state index < -0.39 is 0 Å². The molecule has 2 aliphatic rings. The van der Waals surface area contributed by atoms with Crippen LogP contribution in [-0.4, -0.2) is 50.7 Å². The Bertz CT molecular complexity index is 1060. The predicted octanol–water partition coefficient (Wildman–Crippen LogP) is 2.68. The number of likely N-dealkylation sites (tertiary alicyclic amines) is 1. The van der Waals surface area contributed by atoms with Crippen molar-refractivity contribution in [2.75, 3.05) is 24.5 Å². The lowest BCUT2D eigenvalue weighted by Crippen LogP contribution is -2.43. The van der Waals surface area contributed by atoms with E-state index in [1.54, 1.807) is 16.5 Å². The van der Waals surface area contributed by atoms with Gasteiger partial charge in [-0.15, -0.1) is 0 Å². The molecule has 0 N–H and O–H groups in total. The highest BCUT2D eigenvalue weighted by molar-refractivity contribution is 9.10. The fourth-order valence-corrected chi connectivity index (χ4v) is 5.06. The quantitative estimate of drug-likeness (QED) is 0.660. The zero-order valence-electron chi connectivity index (χ0n) is 18.1. The van der Waals surface area contributed by atoms with Crippen LogP contribution in [0.1, 0.15) is 50.9 Å². The molecule has 2 fully saturated rings. The number of aryl methyl sites for hydroxylation is 1. The van der Waals surface area contributed by atoms with Gasteiger partial charge in [0.05, 0.1) is 5.92 Å². The number of amides is 2. The zero-order chi connectivity index (χ0) is 22.3. The monoisotopic (exact) mass is 489 g/mol. The first kappa shape index (κ1) is 21.8. The molecular formula is C22H28BrN5O3. The van der Waals surface area contributed by atoms with Crippen LogP contribution in [0.2, 0.25) is 0 Å². The van der Waals surface area contributed by atoms with E-state index in [0.29, 0.717) is 19.6 Å². The molecule has 3 heterocycles. The van der Waals surface area contributed by atoms with Gasteiger partial charge in [0.15, 0.2) is 0 Å². The number of carbonyl (C=O) groups excluding carboxylic acids is 2. The molecule has 2 unspecified atom stereocenters. The molecule has 9 heteroatoms. The van der Waals surface area contributed by atoms with E-state index in [0.717, 1.165) is 28.8 Å². The first-order chi connectivity index (χ1) is 14.8. The Labute approximate surface area is 189 Å². The third-order valence-electron chi connectivity index (χ3n) is 6.19. The first-order valence-electron chi connectivity index (χ1n) is 10.8. The van der Waals surface area contributed by atoms with Crippen LogP contribution in [0.15, 0.2) is 33.5 Å². The Morgan fingerprint density at radius 3 is 2.71 bits per heavy atom. The summed E-state index contributed by atoms with van der Waals surface area (Å²) in [6, 6.07) is 7.59. The van der Waals surface area contributed by atoms with Crippen molar-refractivity contribution in [2.24, 2.45) is 13.0 Å². The lowest BCUT2D eigenvalue weighted by Gasteiger charge is -2.34. The van der Waals surface area contributed by atoms with Gasteiger partial charge < -0.3 is 9.80 Å². The molecule has 4 rings (SSSR count). The molecule has 0 radical (unpaired) electrons. The number of hydrogen-bond donors (Lipinski definition) is 0. The number of piperidine rings is 1. The summed E-state index contributed by atoms with van der Waals surface area (Å²) in [5.41, 5.74) is 0.681. The summed E-state index contributed by atoms with van der Waals surface area (Å²) < 4.78 is 4.01. The van der Waals surface area contributed by atoms with Gasteiger partial charge in [-0.2, -0.15) is 5.10 Å². The van der Waals surface area contributed by atoms with Crippen molar-refractivity contribution in [3.05, 3.63) is 45.0 Å². The predicted molar refractivity (Wildman–Crippen MR) is 121 cm³/mol. The summed E-state index contributed by atoms with van der Waals surface area (Å²) in [6.07, 6.45) is 1.97. The van der Waals surface area contributed by atoms with Gasteiger partial charge >= 0.3 is 5.69 Å². The van der Waals surface area contributed by atoms with E-state index in [1.807, 2.05) is 43.0 Å². The lowest BCUT2D eigenvalue weighted by atomic mass is 9.95. The number of nitrogens with zero attached hydrogens (tertiary/aromatic N) is 5. The van der Waals surface area contributed by atoms with Gasteiger partial charge in [0, 0.05) is 55.2 Å². The topological polar surface area (TPSA) is 80.4 Å². The van der Waals surface area contributed by atoms with E-state index in [2.05, 4.69) is 21.0 Å². The fourth-order valence-electron chi connectivity index (χ4n) is 4.68. The van der Waals surface area contributed by atoms with Gasteiger partial charge in [-0.1, -0.05) is 22.0 Å². The van der Waals surface area contributed by atoms with Gasteiger partial charge in [-0.25, -0.2) is 9.48 Å². The Morgan fingerprint density at radius 1 is 1.23 bits per heavy atom. The van der Waals surface area contributed by atoms with Crippen molar-refractivity contribution < 1.29 is 9.59 Å². The molecule has 0 bridgehead atoms. The Kier molecular flexibility index (Phi) is 6.05. The molecule has 31 heavy (non-hydrogen) atoms. The first-order valence-corrected chi connectivity index (χ1v) is 11.6. The largest absolute Gasteiger partial charge is 0.345 e. The molecule has 2 atom stereocenters. The molecule has 2 aromatic rings. The molecule has 2 amide bonds. The summed E-state index contributed by atoms with van der Waals surface area (Å²) >= 11 is 3.44. The molecule has 2 aliphatic heterocycles. The van der Waals surface area contributed by atoms with Crippen molar-refractivity contribution in [3.8, 4) is 0 Å².